The van der Waals surface area contributed by atoms with Gasteiger partial charge in [-0.3, -0.25) is 14.5 Å². The maximum atomic E-state index is 12.1. The fourth-order valence-corrected chi connectivity index (χ4v) is 2.24. The second kappa shape index (κ2) is 10.8. The molecular weight excluding hydrogens is 292 g/mol. The highest BCUT2D eigenvalue weighted by Crippen LogP contribution is 2.01. The third-order valence-electron chi connectivity index (χ3n) is 3.51. The highest BCUT2D eigenvalue weighted by molar-refractivity contribution is 5.85. The van der Waals surface area contributed by atoms with Crippen LogP contribution in [0.5, 0.6) is 0 Å². The van der Waals surface area contributed by atoms with Gasteiger partial charge >= 0.3 is 0 Å². The number of nitrogens with one attached hydrogen (secondary N) is 1. The van der Waals surface area contributed by atoms with Crippen molar-refractivity contribution in [2.24, 2.45) is 0 Å². The molecule has 0 bridgehead atoms. The van der Waals surface area contributed by atoms with Gasteiger partial charge in [0.15, 0.2) is 0 Å². The summed E-state index contributed by atoms with van der Waals surface area (Å²) < 4.78 is 0. The standard InChI is InChI=1S/C14H28N4O2.ClH/c1-4-8-17(12-14(20)16(2)3)9-5-13(19)18-10-6-15-7-11-18;/h15H,4-12H2,1-3H3;1H. The van der Waals surface area contributed by atoms with Crippen LogP contribution >= 0.6 is 12.4 Å². The van der Waals surface area contributed by atoms with E-state index in [0.29, 0.717) is 19.5 Å². The topological polar surface area (TPSA) is 55.9 Å². The van der Waals surface area contributed by atoms with Crippen molar-refractivity contribution in [3.05, 3.63) is 0 Å². The van der Waals surface area contributed by atoms with Crippen LogP contribution in [0, 0.1) is 0 Å². The minimum atomic E-state index is 0. The van der Waals surface area contributed by atoms with Crippen molar-refractivity contribution >= 4 is 24.2 Å². The zero-order valence-corrected chi connectivity index (χ0v) is 14.2. The van der Waals surface area contributed by atoms with Crippen LogP contribution in [0.25, 0.3) is 0 Å². The number of amides is 2. The lowest BCUT2D eigenvalue weighted by Gasteiger charge is -2.29. The Morgan fingerprint density at radius 2 is 1.76 bits per heavy atom. The van der Waals surface area contributed by atoms with Gasteiger partial charge < -0.3 is 15.1 Å². The van der Waals surface area contributed by atoms with E-state index in [1.165, 1.54) is 0 Å². The number of hydrogen-bond acceptors (Lipinski definition) is 4. The summed E-state index contributed by atoms with van der Waals surface area (Å²) in [5, 5.41) is 3.24. The Kier molecular flexibility index (Phi) is 10.4. The van der Waals surface area contributed by atoms with Crippen LogP contribution in [0.2, 0.25) is 0 Å². The predicted molar refractivity (Wildman–Crippen MR) is 86.7 cm³/mol. The molecule has 0 atom stereocenters. The van der Waals surface area contributed by atoms with Crippen LogP contribution in [0.15, 0.2) is 0 Å². The summed E-state index contributed by atoms with van der Waals surface area (Å²) in [7, 11) is 3.52. The van der Waals surface area contributed by atoms with E-state index in [1.807, 2.05) is 4.90 Å². The third kappa shape index (κ3) is 7.64. The molecule has 7 heteroatoms. The number of nitrogens with zero attached hydrogens (tertiary/aromatic N) is 3. The van der Waals surface area contributed by atoms with Crippen molar-refractivity contribution in [2.75, 3.05) is 59.9 Å². The van der Waals surface area contributed by atoms with Crippen LogP contribution in [0.4, 0.5) is 0 Å². The van der Waals surface area contributed by atoms with Gasteiger partial charge in [0.25, 0.3) is 0 Å². The summed E-state index contributed by atoms with van der Waals surface area (Å²) in [5.41, 5.74) is 0. The van der Waals surface area contributed by atoms with Crippen LogP contribution in [-0.4, -0.2) is 86.4 Å². The Hall–Kier alpha value is -0.850. The van der Waals surface area contributed by atoms with Crippen molar-refractivity contribution in [1.82, 2.24) is 20.0 Å². The summed E-state index contributed by atoms with van der Waals surface area (Å²) in [6, 6.07) is 0. The zero-order valence-electron chi connectivity index (χ0n) is 13.4. The first kappa shape index (κ1) is 20.1. The molecule has 6 nitrogen and oxygen atoms in total. The van der Waals surface area contributed by atoms with E-state index < -0.39 is 0 Å². The monoisotopic (exact) mass is 320 g/mol. The van der Waals surface area contributed by atoms with E-state index in [2.05, 4.69) is 17.1 Å². The summed E-state index contributed by atoms with van der Waals surface area (Å²) in [4.78, 5) is 29.4. The Morgan fingerprint density at radius 3 is 2.29 bits per heavy atom. The van der Waals surface area contributed by atoms with Gasteiger partial charge in [-0.25, -0.2) is 0 Å². The van der Waals surface area contributed by atoms with Crippen LogP contribution < -0.4 is 5.32 Å². The summed E-state index contributed by atoms with van der Waals surface area (Å²) in [6.07, 6.45) is 1.49. The molecule has 0 radical (unpaired) electrons. The van der Waals surface area contributed by atoms with Gasteiger partial charge in [-0.2, -0.15) is 0 Å². The highest BCUT2D eigenvalue weighted by atomic mass is 35.5. The van der Waals surface area contributed by atoms with E-state index in [9.17, 15) is 9.59 Å². The predicted octanol–water partition coefficient (Wildman–Crippen LogP) is 0.0303. The number of halogens is 1. The second-order valence-corrected chi connectivity index (χ2v) is 5.45. The fraction of sp³-hybridized carbons (Fsp3) is 0.857. The highest BCUT2D eigenvalue weighted by Gasteiger charge is 2.18. The van der Waals surface area contributed by atoms with E-state index in [1.54, 1.807) is 19.0 Å². The molecule has 1 aliphatic rings. The van der Waals surface area contributed by atoms with Crippen molar-refractivity contribution in [2.45, 2.75) is 19.8 Å². The molecule has 0 aliphatic carbocycles. The third-order valence-corrected chi connectivity index (χ3v) is 3.51. The number of carbonyl (C=O) groups excluding carboxylic acids is 2. The van der Waals surface area contributed by atoms with Crippen molar-refractivity contribution in [1.29, 1.82) is 0 Å². The first-order chi connectivity index (χ1) is 9.54. The number of piperazine rings is 1. The molecule has 1 fully saturated rings. The quantitative estimate of drug-likeness (QED) is 0.719. The Bertz CT molecular complexity index is 320. The molecule has 0 aromatic rings. The summed E-state index contributed by atoms with van der Waals surface area (Å²) >= 11 is 0. The summed E-state index contributed by atoms with van der Waals surface area (Å²) in [6.45, 7) is 7.35. The maximum absolute atomic E-state index is 12.1. The maximum Gasteiger partial charge on any atom is 0.236 e. The first-order valence-corrected chi connectivity index (χ1v) is 7.45. The second-order valence-electron chi connectivity index (χ2n) is 5.45. The minimum absolute atomic E-state index is 0. The first-order valence-electron chi connectivity index (χ1n) is 7.45. The zero-order chi connectivity index (χ0) is 15.0. The van der Waals surface area contributed by atoms with Crippen LogP contribution in [0.3, 0.4) is 0 Å². The van der Waals surface area contributed by atoms with E-state index in [-0.39, 0.29) is 24.2 Å². The summed E-state index contributed by atoms with van der Waals surface area (Å²) in [5.74, 6) is 0.290. The van der Waals surface area contributed by atoms with E-state index in [4.69, 9.17) is 0 Å². The van der Waals surface area contributed by atoms with Gasteiger partial charge in [0, 0.05) is 53.2 Å². The molecule has 1 saturated heterocycles. The van der Waals surface area contributed by atoms with Gasteiger partial charge in [-0.1, -0.05) is 6.92 Å². The molecule has 0 aromatic carbocycles. The Labute approximate surface area is 134 Å². The number of rotatable bonds is 7. The Morgan fingerprint density at radius 1 is 1.14 bits per heavy atom. The van der Waals surface area contributed by atoms with Gasteiger partial charge in [-0.15, -0.1) is 12.4 Å². The van der Waals surface area contributed by atoms with Gasteiger partial charge in [0.1, 0.15) is 0 Å². The molecule has 0 saturated carbocycles. The van der Waals surface area contributed by atoms with E-state index >= 15 is 0 Å². The largest absolute Gasteiger partial charge is 0.348 e. The SMILES string of the molecule is CCCN(CCC(=O)N1CCNCC1)CC(=O)N(C)C.Cl. The Balaban J connectivity index is 0.00000400. The smallest absolute Gasteiger partial charge is 0.236 e. The van der Waals surface area contributed by atoms with Crippen molar-refractivity contribution in [3.63, 3.8) is 0 Å². The van der Waals surface area contributed by atoms with Gasteiger partial charge in [-0.05, 0) is 13.0 Å². The molecule has 124 valence electrons. The average Bonchev–Trinajstić information content (AvgIpc) is 2.45. The molecule has 21 heavy (non-hydrogen) atoms. The lowest BCUT2D eigenvalue weighted by molar-refractivity contribution is -0.134. The average molecular weight is 321 g/mol. The molecule has 1 aliphatic heterocycles. The molecule has 0 aromatic heterocycles. The lowest BCUT2D eigenvalue weighted by Crippen LogP contribution is -2.47. The molecule has 0 unspecified atom stereocenters. The number of likely N-dealkylation sites (N-methyl/N-ethyl adjacent to an activating group) is 1. The molecule has 1 N–H and O–H groups in total. The van der Waals surface area contributed by atoms with Crippen LogP contribution in [0.1, 0.15) is 19.8 Å². The fourth-order valence-electron chi connectivity index (χ4n) is 2.24. The molecule has 2 amide bonds. The number of hydrogen-bond donors (Lipinski definition) is 1. The molecule has 1 rings (SSSR count). The van der Waals surface area contributed by atoms with E-state index in [0.717, 1.165) is 39.1 Å². The molecule has 1 heterocycles. The normalized spacial score (nSPS) is 14.8. The lowest BCUT2D eigenvalue weighted by atomic mass is 10.2. The molecule has 0 spiro atoms. The van der Waals surface area contributed by atoms with Gasteiger partial charge in [0.2, 0.25) is 11.8 Å². The molecular formula is C14H29ClN4O2. The van der Waals surface area contributed by atoms with Crippen molar-refractivity contribution in [3.8, 4) is 0 Å². The van der Waals surface area contributed by atoms with Crippen molar-refractivity contribution < 1.29 is 9.59 Å². The van der Waals surface area contributed by atoms with Gasteiger partial charge in [0.05, 0.1) is 6.54 Å². The minimum Gasteiger partial charge on any atom is -0.348 e. The van der Waals surface area contributed by atoms with Crippen LogP contribution in [-0.2, 0) is 9.59 Å². The number of carbonyl (C=O) groups is 2.